The third kappa shape index (κ3) is 2.32. The second-order valence-corrected chi connectivity index (χ2v) is 3.63. The van der Waals surface area contributed by atoms with Gasteiger partial charge >= 0.3 is 0 Å². The highest BCUT2D eigenvalue weighted by atomic mass is 16.3. The molecule has 1 aliphatic rings. The first-order valence-corrected chi connectivity index (χ1v) is 4.72. The summed E-state index contributed by atoms with van der Waals surface area (Å²) in [5.74, 6) is 0.137. The smallest absolute Gasteiger partial charge is 0.0642 e. The molecule has 0 aromatic heterocycles. The maximum absolute atomic E-state index is 9.68. The summed E-state index contributed by atoms with van der Waals surface area (Å²) in [6, 6.07) is 0. The van der Waals surface area contributed by atoms with Gasteiger partial charge < -0.3 is 10.2 Å². The molecule has 1 fully saturated rings. The van der Waals surface area contributed by atoms with Crippen molar-refractivity contribution in [1.29, 1.82) is 0 Å². The Morgan fingerprint density at radius 3 is 2.58 bits per heavy atom. The van der Waals surface area contributed by atoms with Crippen LogP contribution in [-0.2, 0) is 0 Å². The summed E-state index contributed by atoms with van der Waals surface area (Å²) < 4.78 is 0. The summed E-state index contributed by atoms with van der Waals surface area (Å²) in [5.41, 5.74) is 0.796. The standard InChI is InChI=1S/C10H18O2/c1-8(7-11)9-5-3-2-4-6-10(9)12/h9-12H,1-7H2/t9-,10+/m0/s1. The molecule has 0 aromatic rings. The minimum Gasteiger partial charge on any atom is -0.393 e. The molecule has 0 spiro atoms. The van der Waals surface area contributed by atoms with Gasteiger partial charge in [-0.15, -0.1) is 0 Å². The molecule has 2 atom stereocenters. The minimum absolute atomic E-state index is 0.0156. The molecule has 0 aliphatic heterocycles. The third-order valence-electron chi connectivity index (χ3n) is 2.71. The van der Waals surface area contributed by atoms with E-state index in [1.807, 2.05) is 0 Å². The van der Waals surface area contributed by atoms with Gasteiger partial charge in [0.2, 0.25) is 0 Å². The van der Waals surface area contributed by atoms with E-state index in [0.717, 1.165) is 31.3 Å². The molecule has 0 amide bonds. The largest absolute Gasteiger partial charge is 0.393 e. The Bertz CT molecular complexity index is 154. The Morgan fingerprint density at radius 2 is 1.92 bits per heavy atom. The fraction of sp³-hybridized carbons (Fsp3) is 0.800. The number of hydrogen-bond donors (Lipinski definition) is 2. The van der Waals surface area contributed by atoms with Crippen molar-refractivity contribution < 1.29 is 10.2 Å². The second-order valence-electron chi connectivity index (χ2n) is 3.63. The molecule has 2 heteroatoms. The molecule has 1 rings (SSSR count). The van der Waals surface area contributed by atoms with Gasteiger partial charge in [0.05, 0.1) is 12.7 Å². The lowest BCUT2D eigenvalue weighted by Crippen LogP contribution is -2.21. The number of hydrogen-bond acceptors (Lipinski definition) is 2. The fourth-order valence-electron chi connectivity index (χ4n) is 1.88. The molecule has 0 radical (unpaired) electrons. The molecule has 0 aromatic carbocycles. The molecule has 1 aliphatic carbocycles. The average molecular weight is 170 g/mol. The van der Waals surface area contributed by atoms with E-state index in [-0.39, 0.29) is 18.6 Å². The van der Waals surface area contributed by atoms with Crippen molar-refractivity contribution >= 4 is 0 Å². The molecule has 1 saturated carbocycles. The maximum Gasteiger partial charge on any atom is 0.0642 e. The molecular formula is C10H18O2. The summed E-state index contributed by atoms with van der Waals surface area (Å²) in [7, 11) is 0. The number of aliphatic hydroxyl groups is 2. The van der Waals surface area contributed by atoms with E-state index in [2.05, 4.69) is 6.58 Å². The molecule has 2 nitrogen and oxygen atoms in total. The Kier molecular flexibility index (Phi) is 3.76. The van der Waals surface area contributed by atoms with Crippen molar-refractivity contribution in [2.75, 3.05) is 6.61 Å². The Labute approximate surface area is 73.9 Å². The van der Waals surface area contributed by atoms with Gasteiger partial charge in [-0.05, 0) is 18.4 Å². The molecule has 0 unspecified atom stereocenters. The van der Waals surface area contributed by atoms with E-state index in [4.69, 9.17) is 5.11 Å². The van der Waals surface area contributed by atoms with Gasteiger partial charge in [0.15, 0.2) is 0 Å². The highest BCUT2D eigenvalue weighted by molar-refractivity contribution is 5.03. The summed E-state index contributed by atoms with van der Waals surface area (Å²) >= 11 is 0. The Hall–Kier alpha value is -0.340. The Morgan fingerprint density at radius 1 is 1.25 bits per heavy atom. The lowest BCUT2D eigenvalue weighted by Gasteiger charge is -2.21. The van der Waals surface area contributed by atoms with Crippen LogP contribution in [0.3, 0.4) is 0 Å². The van der Waals surface area contributed by atoms with Crippen LogP contribution in [0.1, 0.15) is 32.1 Å². The van der Waals surface area contributed by atoms with E-state index in [1.165, 1.54) is 6.42 Å². The predicted molar refractivity (Wildman–Crippen MR) is 48.8 cm³/mol. The van der Waals surface area contributed by atoms with Gasteiger partial charge in [-0.1, -0.05) is 25.8 Å². The van der Waals surface area contributed by atoms with E-state index in [0.29, 0.717) is 0 Å². The van der Waals surface area contributed by atoms with Crippen molar-refractivity contribution in [2.45, 2.75) is 38.2 Å². The summed E-state index contributed by atoms with van der Waals surface area (Å²) in [5, 5.41) is 18.6. The van der Waals surface area contributed by atoms with Crippen LogP contribution < -0.4 is 0 Å². The van der Waals surface area contributed by atoms with Gasteiger partial charge in [0.1, 0.15) is 0 Å². The van der Waals surface area contributed by atoms with Gasteiger partial charge in [0, 0.05) is 5.92 Å². The first-order valence-electron chi connectivity index (χ1n) is 4.72. The quantitative estimate of drug-likeness (QED) is 0.487. The van der Waals surface area contributed by atoms with Crippen molar-refractivity contribution in [3.63, 3.8) is 0 Å². The van der Waals surface area contributed by atoms with Crippen LogP contribution in [0, 0.1) is 5.92 Å². The monoisotopic (exact) mass is 170 g/mol. The average Bonchev–Trinajstić information content (AvgIpc) is 2.28. The molecule has 0 bridgehead atoms. The predicted octanol–water partition coefficient (Wildman–Crippen LogP) is 1.48. The van der Waals surface area contributed by atoms with Crippen molar-refractivity contribution in [3.8, 4) is 0 Å². The fourth-order valence-corrected chi connectivity index (χ4v) is 1.88. The van der Waals surface area contributed by atoms with Crippen LogP contribution in [0.4, 0.5) is 0 Å². The van der Waals surface area contributed by atoms with Crippen LogP contribution in [-0.4, -0.2) is 22.9 Å². The van der Waals surface area contributed by atoms with E-state index >= 15 is 0 Å². The molecule has 2 N–H and O–H groups in total. The van der Waals surface area contributed by atoms with Crippen LogP contribution in [0.5, 0.6) is 0 Å². The maximum atomic E-state index is 9.68. The summed E-state index contributed by atoms with van der Waals surface area (Å²) in [6.07, 6.45) is 5.04. The lowest BCUT2D eigenvalue weighted by atomic mass is 9.90. The normalized spacial score (nSPS) is 31.2. The highest BCUT2D eigenvalue weighted by Gasteiger charge is 2.23. The van der Waals surface area contributed by atoms with Crippen LogP contribution in [0.25, 0.3) is 0 Å². The summed E-state index contributed by atoms with van der Waals surface area (Å²) in [4.78, 5) is 0. The summed E-state index contributed by atoms with van der Waals surface area (Å²) in [6.45, 7) is 3.79. The van der Waals surface area contributed by atoms with Crippen molar-refractivity contribution in [2.24, 2.45) is 5.92 Å². The first kappa shape index (κ1) is 9.75. The number of aliphatic hydroxyl groups excluding tert-OH is 2. The zero-order valence-corrected chi connectivity index (χ0v) is 7.50. The lowest BCUT2D eigenvalue weighted by molar-refractivity contribution is 0.111. The molecule has 70 valence electrons. The molecule has 0 saturated heterocycles. The topological polar surface area (TPSA) is 40.5 Å². The van der Waals surface area contributed by atoms with Crippen LogP contribution in [0.15, 0.2) is 12.2 Å². The zero-order valence-electron chi connectivity index (χ0n) is 7.50. The molecule has 0 heterocycles. The first-order chi connectivity index (χ1) is 5.75. The van der Waals surface area contributed by atoms with Gasteiger partial charge in [0.25, 0.3) is 0 Å². The van der Waals surface area contributed by atoms with E-state index in [9.17, 15) is 5.11 Å². The van der Waals surface area contributed by atoms with Gasteiger partial charge in [-0.25, -0.2) is 0 Å². The molecular weight excluding hydrogens is 152 g/mol. The SMILES string of the molecule is C=C(CO)[C@@H]1CCCCC[C@H]1O. The van der Waals surface area contributed by atoms with E-state index in [1.54, 1.807) is 0 Å². The Balaban J connectivity index is 2.52. The minimum atomic E-state index is -0.271. The van der Waals surface area contributed by atoms with Gasteiger partial charge in [-0.3, -0.25) is 0 Å². The third-order valence-corrected chi connectivity index (χ3v) is 2.71. The van der Waals surface area contributed by atoms with Gasteiger partial charge in [-0.2, -0.15) is 0 Å². The second kappa shape index (κ2) is 4.63. The molecule has 12 heavy (non-hydrogen) atoms. The van der Waals surface area contributed by atoms with Crippen LogP contribution >= 0.6 is 0 Å². The zero-order chi connectivity index (χ0) is 8.97. The van der Waals surface area contributed by atoms with Crippen molar-refractivity contribution in [3.05, 3.63) is 12.2 Å². The van der Waals surface area contributed by atoms with Crippen molar-refractivity contribution in [1.82, 2.24) is 0 Å². The van der Waals surface area contributed by atoms with Crippen LogP contribution in [0.2, 0.25) is 0 Å². The number of rotatable bonds is 2. The van der Waals surface area contributed by atoms with E-state index < -0.39 is 0 Å². The highest BCUT2D eigenvalue weighted by Crippen LogP contribution is 2.27.